The van der Waals surface area contributed by atoms with E-state index < -0.39 is 15.3 Å². The molecule has 0 aromatic heterocycles. The van der Waals surface area contributed by atoms with Gasteiger partial charge >= 0.3 is 39.6 Å². The topological polar surface area (TPSA) is 199 Å². The third kappa shape index (κ3) is 2030. The van der Waals surface area contributed by atoms with Crippen LogP contribution >= 0.6 is 0 Å². The summed E-state index contributed by atoms with van der Waals surface area (Å²) in [6, 6.07) is 0. The van der Waals surface area contributed by atoms with Crippen molar-refractivity contribution in [2.75, 3.05) is 0 Å². The molecule has 0 unspecified atom stereocenters. The van der Waals surface area contributed by atoms with Crippen LogP contribution in [0.25, 0.3) is 0 Å². The third-order valence-corrected chi connectivity index (χ3v) is 0.968. The van der Waals surface area contributed by atoms with E-state index in [1.165, 1.54) is 4.44 Å². The molecule has 0 heterocycles. The van der Waals surface area contributed by atoms with Gasteiger partial charge in [0, 0.05) is 0 Å². The minimum absolute atomic E-state index is 1.17. The van der Waals surface area contributed by atoms with Gasteiger partial charge in [-0.05, 0) is 0 Å². The Morgan fingerprint density at radius 3 is 0.938 bits per heavy atom. The first-order valence-electron chi connectivity index (χ1n) is 2.81. The summed E-state index contributed by atoms with van der Waals surface area (Å²) in [5, 5.41) is 44.2. The number of allylic oxidation sites excluding steroid dienone is 1. The quantitative estimate of drug-likeness (QED) is 0.272. The molecule has 0 saturated heterocycles. The van der Waals surface area contributed by atoms with Gasteiger partial charge in [-0.2, -0.15) is 0 Å². The standard InChI is InChI=1S/C3H5.3NO3.Sn/c1-3-2;3*2-1(3)4;/h3H,1-2H2;;;;/q;3*-1;+3. The number of nitrogens with zero attached hydrogens (tertiary/aromatic N) is 3. The summed E-state index contributed by atoms with van der Waals surface area (Å²) >= 11 is 1.55. The molecule has 0 fully saturated rings. The minimum Gasteiger partial charge on any atom is -0.356 e. The van der Waals surface area contributed by atoms with Gasteiger partial charge in [0.25, 0.3) is 0 Å². The normalized spacial score (nSPS) is 6.12. The van der Waals surface area contributed by atoms with Crippen LogP contribution in [0.15, 0.2) is 12.7 Å². The molecule has 0 aromatic rings. The van der Waals surface area contributed by atoms with E-state index in [-0.39, 0.29) is 0 Å². The summed E-state index contributed by atoms with van der Waals surface area (Å²) in [7, 11) is 0. The van der Waals surface area contributed by atoms with Crippen molar-refractivity contribution in [2.24, 2.45) is 0 Å². The molecule has 0 aliphatic rings. The fraction of sp³-hybridized carbons (Fsp3) is 0.333. The van der Waals surface area contributed by atoms with E-state index in [1.54, 1.807) is 22.5 Å². The first-order valence-corrected chi connectivity index (χ1v) is 4.83. The van der Waals surface area contributed by atoms with Crippen molar-refractivity contribution in [3.8, 4) is 0 Å². The molecule has 0 amide bonds. The summed E-state index contributed by atoms with van der Waals surface area (Å²) in [6.07, 6.45) is 1.92. The van der Waals surface area contributed by atoms with Crippen LogP contribution in [-0.4, -0.2) is 37.8 Å². The zero-order chi connectivity index (χ0) is 14.1. The fourth-order valence-corrected chi connectivity index (χ4v) is 0. The van der Waals surface area contributed by atoms with Crippen molar-refractivity contribution in [3.63, 3.8) is 0 Å². The molecule has 13 heteroatoms. The first kappa shape index (κ1) is 23.7. The molecule has 16 heavy (non-hydrogen) atoms. The van der Waals surface area contributed by atoms with Crippen molar-refractivity contribution in [1.29, 1.82) is 0 Å². The van der Waals surface area contributed by atoms with Crippen molar-refractivity contribution >= 4 is 22.5 Å². The Balaban J connectivity index is -0.0000000600. The van der Waals surface area contributed by atoms with Gasteiger partial charge in [-0.25, -0.2) is 0 Å². The predicted molar refractivity (Wildman–Crippen MR) is 51.8 cm³/mol. The summed E-state index contributed by atoms with van der Waals surface area (Å²) in [5.74, 6) is 0. The number of hydrogen-bond donors (Lipinski definition) is 0. The molecule has 0 rings (SSSR count). The van der Waals surface area contributed by atoms with Crippen LogP contribution in [0.4, 0.5) is 0 Å². The van der Waals surface area contributed by atoms with Crippen LogP contribution in [0.1, 0.15) is 0 Å². The Labute approximate surface area is 101 Å². The maximum absolute atomic E-state index is 8.25. The second-order valence-corrected chi connectivity index (χ2v) is 2.33. The molecule has 0 atom stereocenters. The molecule has 0 aliphatic carbocycles. The molecule has 0 radical (unpaired) electrons. The molecular weight excluding hydrogens is 341 g/mol. The molecule has 0 spiro atoms. The molecule has 0 saturated carbocycles. The van der Waals surface area contributed by atoms with E-state index in [2.05, 4.69) is 6.58 Å². The Morgan fingerprint density at radius 1 is 0.875 bits per heavy atom. The third-order valence-electron chi connectivity index (χ3n) is 0.144. The molecule has 0 aromatic carbocycles. The number of rotatable bonds is 1. The Kier molecular flexibility index (Phi) is 34.4. The van der Waals surface area contributed by atoms with E-state index in [9.17, 15) is 0 Å². The van der Waals surface area contributed by atoms with Crippen molar-refractivity contribution < 1.29 is 15.3 Å². The average Bonchev–Trinajstić information content (AvgIpc) is 2.00. The molecule has 12 nitrogen and oxygen atoms in total. The van der Waals surface area contributed by atoms with Crippen LogP contribution < -0.4 is 0 Å². The first-order chi connectivity index (χ1) is 7.11. The second-order valence-electron chi connectivity index (χ2n) is 1.16. The summed E-state index contributed by atoms with van der Waals surface area (Å²) in [5.41, 5.74) is 0. The van der Waals surface area contributed by atoms with Gasteiger partial charge in [-0.15, -0.1) is 0 Å². The van der Waals surface area contributed by atoms with E-state index in [4.69, 9.17) is 46.0 Å². The molecular formula is C3H5N3O9Sn. The monoisotopic (exact) mass is 347 g/mol. The van der Waals surface area contributed by atoms with Crippen LogP contribution in [0.2, 0.25) is 4.44 Å². The van der Waals surface area contributed by atoms with E-state index in [1.807, 2.05) is 6.08 Å². The van der Waals surface area contributed by atoms with Gasteiger partial charge in [0.05, 0.1) is 15.3 Å². The molecule has 0 aliphatic heterocycles. The maximum Gasteiger partial charge on any atom is 0.0689 e. The van der Waals surface area contributed by atoms with Crippen LogP contribution in [0, 0.1) is 46.0 Å². The van der Waals surface area contributed by atoms with Crippen LogP contribution in [-0.2, 0) is 0 Å². The summed E-state index contributed by atoms with van der Waals surface area (Å²) < 4.78 is 1.17. The fourth-order valence-electron chi connectivity index (χ4n) is 0. The second kappa shape index (κ2) is 23.2. The van der Waals surface area contributed by atoms with E-state index >= 15 is 0 Å². The van der Waals surface area contributed by atoms with Crippen molar-refractivity contribution in [3.05, 3.63) is 58.6 Å². The predicted octanol–water partition coefficient (Wildman–Crippen LogP) is 0.0419. The van der Waals surface area contributed by atoms with Crippen molar-refractivity contribution in [1.82, 2.24) is 0 Å². The van der Waals surface area contributed by atoms with Gasteiger partial charge < -0.3 is 46.0 Å². The maximum atomic E-state index is 8.25. The van der Waals surface area contributed by atoms with Gasteiger partial charge in [-0.1, -0.05) is 0 Å². The average molecular weight is 346 g/mol. The van der Waals surface area contributed by atoms with Crippen molar-refractivity contribution in [2.45, 2.75) is 4.44 Å². The van der Waals surface area contributed by atoms with E-state index in [0.717, 1.165) is 0 Å². The van der Waals surface area contributed by atoms with E-state index in [0.29, 0.717) is 0 Å². The number of hydrogen-bond acceptors (Lipinski definition) is 9. The molecule has 90 valence electrons. The Morgan fingerprint density at radius 2 is 0.938 bits per heavy atom. The minimum atomic E-state index is -1.75. The Hall–Kier alpha value is -1.86. The smallest absolute Gasteiger partial charge is 0.0689 e. The molecule has 0 bridgehead atoms. The van der Waals surface area contributed by atoms with Gasteiger partial charge in [0.2, 0.25) is 0 Å². The zero-order valence-corrected chi connectivity index (χ0v) is 10.4. The molecule has 0 N–H and O–H groups in total. The van der Waals surface area contributed by atoms with Gasteiger partial charge in [-0.3, -0.25) is 0 Å². The van der Waals surface area contributed by atoms with Gasteiger partial charge in [0.15, 0.2) is 0 Å². The van der Waals surface area contributed by atoms with Crippen LogP contribution in [0.5, 0.6) is 0 Å². The summed E-state index contributed by atoms with van der Waals surface area (Å²) in [4.78, 5) is 24.8. The summed E-state index contributed by atoms with van der Waals surface area (Å²) in [6.45, 7) is 3.50. The van der Waals surface area contributed by atoms with Gasteiger partial charge in [0.1, 0.15) is 0 Å². The SMILES string of the molecule is C=C[CH2][Sn+3].O=[N+]([O-])[O-].O=[N+]([O-])[O-].O=[N+]([O-])[O-]. The van der Waals surface area contributed by atoms with Crippen LogP contribution in [0.3, 0.4) is 0 Å². The zero-order valence-electron chi connectivity index (χ0n) is 7.51. The Bertz CT molecular complexity index is 168. The largest absolute Gasteiger partial charge is 0.356 e.